The number of hydrogen-bond acceptors (Lipinski definition) is 5. The standard InChI is InChI=1S/C18H22N6O2/c1-19-18(20-11-13-7-8-14(25-2)10-15(13)26-3)21-12-17-23-22-16-6-4-5-9-24(16)17/h4-10H,11-12H2,1-3H3,(H2,19,20,21). The van der Waals surface area contributed by atoms with Gasteiger partial charge in [-0.1, -0.05) is 6.07 Å². The van der Waals surface area contributed by atoms with Crippen LogP contribution in [0.1, 0.15) is 11.4 Å². The first-order chi connectivity index (χ1) is 12.7. The minimum atomic E-state index is 0.505. The van der Waals surface area contributed by atoms with Gasteiger partial charge in [0.15, 0.2) is 17.4 Å². The number of pyridine rings is 1. The second-order valence-electron chi connectivity index (χ2n) is 5.50. The summed E-state index contributed by atoms with van der Waals surface area (Å²) in [5, 5.41) is 14.9. The lowest BCUT2D eigenvalue weighted by Gasteiger charge is -2.14. The molecule has 0 fully saturated rings. The first-order valence-corrected chi connectivity index (χ1v) is 8.19. The highest BCUT2D eigenvalue weighted by molar-refractivity contribution is 5.79. The van der Waals surface area contributed by atoms with Gasteiger partial charge in [-0.3, -0.25) is 9.39 Å². The Morgan fingerprint density at radius 3 is 2.69 bits per heavy atom. The highest BCUT2D eigenvalue weighted by Crippen LogP contribution is 2.24. The van der Waals surface area contributed by atoms with Crippen molar-refractivity contribution >= 4 is 11.6 Å². The first kappa shape index (κ1) is 17.5. The van der Waals surface area contributed by atoms with Crippen LogP contribution in [0.3, 0.4) is 0 Å². The summed E-state index contributed by atoms with van der Waals surface area (Å²) in [6.07, 6.45) is 1.94. The van der Waals surface area contributed by atoms with E-state index in [4.69, 9.17) is 9.47 Å². The minimum Gasteiger partial charge on any atom is -0.497 e. The van der Waals surface area contributed by atoms with Crippen LogP contribution in [-0.2, 0) is 13.1 Å². The van der Waals surface area contributed by atoms with Gasteiger partial charge in [-0.25, -0.2) is 0 Å². The molecule has 0 unspecified atom stereocenters. The smallest absolute Gasteiger partial charge is 0.191 e. The summed E-state index contributed by atoms with van der Waals surface area (Å²) in [6.45, 7) is 1.07. The summed E-state index contributed by atoms with van der Waals surface area (Å²) >= 11 is 0. The molecule has 0 bridgehead atoms. The third-order valence-electron chi connectivity index (χ3n) is 3.96. The number of benzene rings is 1. The highest BCUT2D eigenvalue weighted by atomic mass is 16.5. The molecule has 0 amide bonds. The molecule has 1 aromatic carbocycles. The number of guanidine groups is 1. The van der Waals surface area contributed by atoms with Crippen molar-refractivity contribution in [1.29, 1.82) is 0 Å². The molecule has 26 heavy (non-hydrogen) atoms. The SMILES string of the molecule is CN=C(NCc1ccc(OC)cc1OC)NCc1nnc2ccccn12. The van der Waals surface area contributed by atoms with Crippen LogP contribution in [0.5, 0.6) is 11.5 Å². The van der Waals surface area contributed by atoms with Crippen LogP contribution in [0.2, 0.25) is 0 Å². The second kappa shape index (κ2) is 8.19. The lowest BCUT2D eigenvalue weighted by molar-refractivity contribution is 0.390. The van der Waals surface area contributed by atoms with Gasteiger partial charge in [0.25, 0.3) is 0 Å². The van der Waals surface area contributed by atoms with E-state index < -0.39 is 0 Å². The maximum absolute atomic E-state index is 5.42. The van der Waals surface area contributed by atoms with Gasteiger partial charge in [-0.2, -0.15) is 0 Å². The van der Waals surface area contributed by atoms with Gasteiger partial charge < -0.3 is 20.1 Å². The van der Waals surface area contributed by atoms with Crippen molar-refractivity contribution in [3.63, 3.8) is 0 Å². The largest absolute Gasteiger partial charge is 0.497 e. The molecule has 2 aromatic heterocycles. The molecule has 0 saturated carbocycles. The number of rotatable bonds is 6. The lowest BCUT2D eigenvalue weighted by Crippen LogP contribution is -2.36. The van der Waals surface area contributed by atoms with Gasteiger partial charge in [-0.15, -0.1) is 10.2 Å². The Labute approximate surface area is 151 Å². The fourth-order valence-electron chi connectivity index (χ4n) is 2.57. The topological polar surface area (TPSA) is 85.1 Å². The summed E-state index contributed by atoms with van der Waals surface area (Å²) < 4.78 is 12.6. The summed E-state index contributed by atoms with van der Waals surface area (Å²) in [7, 11) is 5.00. The summed E-state index contributed by atoms with van der Waals surface area (Å²) in [5.41, 5.74) is 1.82. The summed E-state index contributed by atoms with van der Waals surface area (Å²) in [6, 6.07) is 11.5. The van der Waals surface area contributed by atoms with Gasteiger partial charge in [0.05, 0.1) is 20.8 Å². The molecular formula is C18H22N6O2. The predicted molar refractivity (Wildman–Crippen MR) is 99.6 cm³/mol. The Bertz CT molecular complexity index is 906. The molecule has 136 valence electrons. The quantitative estimate of drug-likeness (QED) is 0.517. The Morgan fingerprint density at radius 2 is 1.92 bits per heavy atom. The van der Waals surface area contributed by atoms with Crippen LogP contribution < -0.4 is 20.1 Å². The van der Waals surface area contributed by atoms with Crippen molar-refractivity contribution in [3.05, 3.63) is 54.0 Å². The van der Waals surface area contributed by atoms with Crippen molar-refractivity contribution < 1.29 is 9.47 Å². The average Bonchev–Trinajstić information content (AvgIpc) is 3.11. The maximum atomic E-state index is 5.42. The molecule has 2 heterocycles. The number of ether oxygens (including phenoxy) is 2. The van der Waals surface area contributed by atoms with Gasteiger partial charge in [0.2, 0.25) is 0 Å². The van der Waals surface area contributed by atoms with Crippen LogP contribution in [0, 0.1) is 0 Å². The Balaban J connectivity index is 1.62. The predicted octanol–water partition coefficient (Wildman–Crippen LogP) is 1.61. The summed E-state index contributed by atoms with van der Waals surface area (Å²) in [4.78, 5) is 4.24. The minimum absolute atomic E-state index is 0.505. The molecule has 8 nitrogen and oxygen atoms in total. The number of hydrogen-bond donors (Lipinski definition) is 2. The number of methoxy groups -OCH3 is 2. The maximum Gasteiger partial charge on any atom is 0.191 e. The number of fused-ring (bicyclic) bond motifs is 1. The normalized spacial score (nSPS) is 11.4. The lowest BCUT2D eigenvalue weighted by atomic mass is 10.2. The Kier molecular flexibility index (Phi) is 5.52. The molecule has 0 spiro atoms. The van der Waals surface area contributed by atoms with E-state index in [0.717, 1.165) is 28.5 Å². The molecule has 0 aliphatic carbocycles. The molecule has 0 saturated heterocycles. The van der Waals surface area contributed by atoms with Crippen LogP contribution in [0.15, 0.2) is 47.6 Å². The average molecular weight is 354 g/mol. The molecular weight excluding hydrogens is 332 g/mol. The second-order valence-corrected chi connectivity index (χ2v) is 5.50. The van der Waals surface area contributed by atoms with E-state index in [0.29, 0.717) is 19.0 Å². The molecule has 3 rings (SSSR count). The van der Waals surface area contributed by atoms with Crippen LogP contribution >= 0.6 is 0 Å². The zero-order valence-corrected chi connectivity index (χ0v) is 15.1. The zero-order chi connectivity index (χ0) is 18.4. The molecule has 0 radical (unpaired) electrons. The number of aliphatic imine (C=N–C) groups is 1. The molecule has 0 atom stereocenters. The summed E-state index contributed by atoms with van der Waals surface area (Å²) in [5.74, 6) is 2.99. The van der Waals surface area contributed by atoms with E-state index >= 15 is 0 Å². The van der Waals surface area contributed by atoms with E-state index in [-0.39, 0.29) is 0 Å². The van der Waals surface area contributed by atoms with Crippen LogP contribution in [-0.4, -0.2) is 41.8 Å². The highest BCUT2D eigenvalue weighted by Gasteiger charge is 2.08. The monoisotopic (exact) mass is 354 g/mol. The van der Waals surface area contributed by atoms with Gasteiger partial charge >= 0.3 is 0 Å². The third-order valence-corrected chi connectivity index (χ3v) is 3.96. The third kappa shape index (κ3) is 3.85. The van der Waals surface area contributed by atoms with E-state index in [1.54, 1.807) is 21.3 Å². The number of nitrogens with one attached hydrogen (secondary N) is 2. The van der Waals surface area contributed by atoms with Crippen molar-refractivity contribution in [3.8, 4) is 11.5 Å². The fraction of sp³-hybridized carbons (Fsp3) is 0.278. The van der Waals surface area contributed by atoms with E-state index in [2.05, 4.69) is 25.8 Å². The van der Waals surface area contributed by atoms with Crippen molar-refractivity contribution in [2.75, 3.05) is 21.3 Å². The molecule has 0 aliphatic heterocycles. The zero-order valence-electron chi connectivity index (χ0n) is 15.1. The Morgan fingerprint density at radius 1 is 1.08 bits per heavy atom. The van der Waals surface area contributed by atoms with E-state index in [1.807, 2.05) is 47.0 Å². The van der Waals surface area contributed by atoms with E-state index in [1.165, 1.54) is 0 Å². The number of nitrogens with zero attached hydrogens (tertiary/aromatic N) is 4. The van der Waals surface area contributed by atoms with E-state index in [9.17, 15) is 0 Å². The molecule has 3 aromatic rings. The van der Waals surface area contributed by atoms with Crippen molar-refractivity contribution in [1.82, 2.24) is 25.2 Å². The molecule has 2 N–H and O–H groups in total. The molecule has 8 heteroatoms. The fourth-order valence-corrected chi connectivity index (χ4v) is 2.57. The molecule has 0 aliphatic rings. The van der Waals surface area contributed by atoms with Gasteiger partial charge in [0, 0.05) is 31.4 Å². The van der Waals surface area contributed by atoms with Gasteiger partial charge in [0.1, 0.15) is 11.5 Å². The van der Waals surface area contributed by atoms with Gasteiger partial charge in [-0.05, 0) is 24.3 Å². The number of aromatic nitrogens is 3. The van der Waals surface area contributed by atoms with Crippen LogP contribution in [0.4, 0.5) is 0 Å². The first-order valence-electron chi connectivity index (χ1n) is 8.19. The van der Waals surface area contributed by atoms with Crippen molar-refractivity contribution in [2.24, 2.45) is 4.99 Å². The van der Waals surface area contributed by atoms with Crippen LogP contribution in [0.25, 0.3) is 5.65 Å². The Hall–Kier alpha value is -3.29. The van der Waals surface area contributed by atoms with Crippen molar-refractivity contribution in [2.45, 2.75) is 13.1 Å².